The van der Waals surface area contributed by atoms with Gasteiger partial charge in [0.1, 0.15) is 0 Å². The van der Waals surface area contributed by atoms with Gasteiger partial charge in [0.2, 0.25) is 5.91 Å². The summed E-state index contributed by atoms with van der Waals surface area (Å²) in [7, 11) is 0. The van der Waals surface area contributed by atoms with E-state index in [1.54, 1.807) is 12.5 Å². The minimum absolute atomic E-state index is 0.0273. The fourth-order valence-corrected chi connectivity index (χ4v) is 2.04. The van der Waals surface area contributed by atoms with Gasteiger partial charge in [0, 0.05) is 30.5 Å². The minimum atomic E-state index is -0.125. The van der Waals surface area contributed by atoms with Crippen LogP contribution in [-0.2, 0) is 4.79 Å². The van der Waals surface area contributed by atoms with Crippen LogP contribution in [0.15, 0.2) is 43.0 Å². The van der Waals surface area contributed by atoms with Crippen molar-refractivity contribution in [3.8, 4) is 5.69 Å². The van der Waals surface area contributed by atoms with Gasteiger partial charge >= 0.3 is 0 Å². The van der Waals surface area contributed by atoms with Crippen LogP contribution in [0.3, 0.4) is 0 Å². The fourth-order valence-electron chi connectivity index (χ4n) is 2.04. The highest BCUT2D eigenvalue weighted by molar-refractivity contribution is 5.77. The summed E-state index contributed by atoms with van der Waals surface area (Å²) < 4.78 is 1.93. The summed E-state index contributed by atoms with van der Waals surface area (Å²) in [5, 5.41) is 2.96. The van der Waals surface area contributed by atoms with Gasteiger partial charge in [-0.1, -0.05) is 12.1 Å². The maximum atomic E-state index is 11.7. The van der Waals surface area contributed by atoms with Crippen LogP contribution in [0.4, 0.5) is 0 Å². The number of nitrogens with two attached hydrogens (primary N) is 1. The molecule has 0 saturated carbocycles. The van der Waals surface area contributed by atoms with Gasteiger partial charge in [0.05, 0.1) is 12.4 Å². The topological polar surface area (TPSA) is 72.9 Å². The van der Waals surface area contributed by atoms with Crippen molar-refractivity contribution in [2.45, 2.75) is 32.4 Å². The first kappa shape index (κ1) is 14.3. The third-order valence-electron chi connectivity index (χ3n) is 3.06. The molecule has 2 aromatic rings. The first-order valence-corrected chi connectivity index (χ1v) is 6.69. The number of amides is 1. The molecule has 2 rings (SSSR count). The Bertz CT molecular complexity index is 563. The highest BCUT2D eigenvalue weighted by Gasteiger charge is 2.11. The average Bonchev–Trinajstić information content (AvgIpc) is 2.91. The average molecular weight is 272 g/mol. The van der Waals surface area contributed by atoms with Crippen LogP contribution in [0.5, 0.6) is 0 Å². The Morgan fingerprint density at radius 3 is 2.90 bits per heavy atom. The molecule has 0 bridgehead atoms. The van der Waals surface area contributed by atoms with E-state index >= 15 is 0 Å². The summed E-state index contributed by atoms with van der Waals surface area (Å²) >= 11 is 0. The second-order valence-corrected chi connectivity index (χ2v) is 5.04. The summed E-state index contributed by atoms with van der Waals surface area (Å²) in [6, 6.07) is 7.83. The molecule has 1 aromatic heterocycles. The number of nitrogens with zero attached hydrogens (tertiary/aromatic N) is 2. The normalized spacial score (nSPS) is 13.8. The van der Waals surface area contributed by atoms with Crippen LogP contribution >= 0.6 is 0 Å². The molecule has 20 heavy (non-hydrogen) atoms. The molecule has 1 heterocycles. The molecule has 0 saturated heterocycles. The second-order valence-electron chi connectivity index (χ2n) is 5.04. The van der Waals surface area contributed by atoms with Crippen LogP contribution in [0.25, 0.3) is 5.69 Å². The molecule has 3 N–H and O–H groups in total. The number of carbonyl (C=O) groups is 1. The van der Waals surface area contributed by atoms with Gasteiger partial charge < -0.3 is 15.6 Å². The third-order valence-corrected chi connectivity index (χ3v) is 3.06. The smallest absolute Gasteiger partial charge is 0.222 e. The zero-order valence-corrected chi connectivity index (χ0v) is 11.8. The van der Waals surface area contributed by atoms with Crippen LogP contribution in [0, 0.1) is 0 Å². The molecule has 5 heteroatoms. The first-order valence-electron chi connectivity index (χ1n) is 6.69. The summed E-state index contributed by atoms with van der Waals surface area (Å²) in [5.41, 5.74) is 7.70. The van der Waals surface area contributed by atoms with E-state index in [1.807, 2.05) is 48.9 Å². The molecule has 2 atom stereocenters. The van der Waals surface area contributed by atoms with E-state index < -0.39 is 0 Å². The monoisotopic (exact) mass is 272 g/mol. The van der Waals surface area contributed by atoms with Crippen LogP contribution in [0.1, 0.15) is 31.9 Å². The zero-order valence-electron chi connectivity index (χ0n) is 11.8. The Hall–Kier alpha value is -2.14. The van der Waals surface area contributed by atoms with Crippen molar-refractivity contribution < 1.29 is 4.79 Å². The van der Waals surface area contributed by atoms with Gasteiger partial charge in [-0.25, -0.2) is 4.98 Å². The molecule has 0 aliphatic heterocycles. The second kappa shape index (κ2) is 6.34. The Morgan fingerprint density at radius 2 is 2.25 bits per heavy atom. The molecule has 2 unspecified atom stereocenters. The van der Waals surface area contributed by atoms with Crippen LogP contribution in [-0.4, -0.2) is 21.5 Å². The van der Waals surface area contributed by atoms with E-state index in [-0.39, 0.29) is 18.0 Å². The standard InChI is InChI=1S/C15H20N4O/c1-11(16)8-15(20)18-12(2)13-4-3-5-14(9-13)19-7-6-17-10-19/h3-7,9-12H,8,16H2,1-2H3,(H,18,20). The van der Waals surface area contributed by atoms with Crippen molar-refractivity contribution in [2.24, 2.45) is 5.73 Å². The van der Waals surface area contributed by atoms with Crippen LogP contribution in [0.2, 0.25) is 0 Å². The number of hydrogen-bond acceptors (Lipinski definition) is 3. The molecule has 0 aliphatic carbocycles. The molecule has 1 amide bonds. The van der Waals surface area contributed by atoms with E-state index in [9.17, 15) is 4.79 Å². The minimum Gasteiger partial charge on any atom is -0.350 e. The summed E-state index contributed by atoms with van der Waals surface area (Å²) in [4.78, 5) is 15.8. The lowest BCUT2D eigenvalue weighted by Crippen LogP contribution is -2.31. The largest absolute Gasteiger partial charge is 0.350 e. The van der Waals surface area contributed by atoms with Gasteiger partial charge in [0.25, 0.3) is 0 Å². The third kappa shape index (κ3) is 3.68. The summed E-state index contributed by atoms with van der Waals surface area (Å²) in [6.45, 7) is 3.79. The van der Waals surface area contributed by atoms with E-state index in [1.165, 1.54) is 0 Å². The lowest BCUT2D eigenvalue weighted by molar-refractivity contribution is -0.122. The Morgan fingerprint density at radius 1 is 1.45 bits per heavy atom. The van der Waals surface area contributed by atoms with Gasteiger partial charge in [-0.15, -0.1) is 0 Å². The Balaban J connectivity index is 2.09. The van der Waals surface area contributed by atoms with E-state index in [2.05, 4.69) is 10.3 Å². The summed E-state index contributed by atoms with van der Waals surface area (Å²) in [5.74, 6) is -0.0273. The number of rotatable bonds is 5. The SMILES string of the molecule is CC(N)CC(=O)NC(C)c1cccc(-n2ccnc2)c1. The molecule has 5 nitrogen and oxygen atoms in total. The first-order chi connectivity index (χ1) is 9.56. The summed E-state index contributed by atoms with van der Waals surface area (Å²) in [6.07, 6.45) is 5.71. The van der Waals surface area contributed by atoms with Gasteiger partial charge in [0.15, 0.2) is 0 Å². The highest BCUT2D eigenvalue weighted by atomic mass is 16.1. The Labute approximate surface area is 118 Å². The molecular weight excluding hydrogens is 252 g/mol. The van der Waals surface area contributed by atoms with Crippen molar-refractivity contribution >= 4 is 5.91 Å². The number of nitrogens with one attached hydrogen (secondary N) is 1. The molecular formula is C15H20N4O. The van der Waals surface area contributed by atoms with Crippen molar-refractivity contribution in [3.63, 3.8) is 0 Å². The Kier molecular flexibility index (Phi) is 4.53. The van der Waals surface area contributed by atoms with Crippen LogP contribution < -0.4 is 11.1 Å². The molecule has 106 valence electrons. The van der Waals surface area contributed by atoms with Crippen molar-refractivity contribution in [1.82, 2.24) is 14.9 Å². The molecule has 1 aromatic carbocycles. The lowest BCUT2D eigenvalue weighted by Gasteiger charge is -2.16. The molecule has 0 radical (unpaired) electrons. The number of benzene rings is 1. The van der Waals surface area contributed by atoms with Gasteiger partial charge in [-0.05, 0) is 31.5 Å². The number of imidazole rings is 1. The fraction of sp³-hybridized carbons (Fsp3) is 0.333. The van der Waals surface area contributed by atoms with E-state index in [4.69, 9.17) is 5.73 Å². The van der Waals surface area contributed by atoms with Crippen molar-refractivity contribution in [1.29, 1.82) is 0 Å². The van der Waals surface area contributed by atoms with Gasteiger partial charge in [-0.3, -0.25) is 4.79 Å². The number of hydrogen-bond donors (Lipinski definition) is 2. The lowest BCUT2D eigenvalue weighted by atomic mass is 10.1. The maximum absolute atomic E-state index is 11.7. The molecule has 0 aliphatic rings. The number of aromatic nitrogens is 2. The van der Waals surface area contributed by atoms with E-state index in [0.29, 0.717) is 6.42 Å². The number of carbonyl (C=O) groups excluding carboxylic acids is 1. The quantitative estimate of drug-likeness (QED) is 0.871. The molecule has 0 fully saturated rings. The zero-order chi connectivity index (χ0) is 14.5. The van der Waals surface area contributed by atoms with Gasteiger partial charge in [-0.2, -0.15) is 0 Å². The molecule has 0 spiro atoms. The predicted octanol–water partition coefficient (Wildman–Crippen LogP) is 1.79. The maximum Gasteiger partial charge on any atom is 0.222 e. The van der Waals surface area contributed by atoms with Crippen molar-refractivity contribution in [3.05, 3.63) is 48.5 Å². The van der Waals surface area contributed by atoms with E-state index in [0.717, 1.165) is 11.3 Å². The highest BCUT2D eigenvalue weighted by Crippen LogP contribution is 2.17. The predicted molar refractivity (Wildman–Crippen MR) is 78.4 cm³/mol. The van der Waals surface area contributed by atoms with Crippen molar-refractivity contribution in [2.75, 3.05) is 0 Å².